The smallest absolute Gasteiger partial charge is 0.306 e. The lowest BCUT2D eigenvalue weighted by molar-refractivity contribution is -0.166. The van der Waals surface area contributed by atoms with Gasteiger partial charge in [-0.3, -0.25) is 14.4 Å². The molecule has 1 unspecified atom stereocenters. The van der Waals surface area contributed by atoms with E-state index in [9.17, 15) is 14.4 Å². The molecule has 0 heterocycles. The molecule has 0 aliphatic heterocycles. The molecule has 0 N–H and O–H groups in total. The fraction of sp³-hybridized carbons (Fsp3) is 0.569. The maximum atomic E-state index is 12.8. The van der Waals surface area contributed by atoms with Gasteiger partial charge in [-0.1, -0.05) is 238 Å². The minimum atomic E-state index is -0.839. The van der Waals surface area contributed by atoms with Gasteiger partial charge in [-0.15, -0.1) is 0 Å². The molecule has 0 aliphatic carbocycles. The Morgan fingerprint density at radius 2 is 0.719 bits per heavy atom. The van der Waals surface area contributed by atoms with E-state index < -0.39 is 6.10 Å². The number of carbonyl (C=O) groups is 3. The van der Waals surface area contributed by atoms with Crippen molar-refractivity contribution in [1.29, 1.82) is 0 Å². The van der Waals surface area contributed by atoms with E-state index in [0.29, 0.717) is 19.3 Å². The third-order valence-corrected chi connectivity index (χ3v) is 10.0. The van der Waals surface area contributed by atoms with Crippen molar-refractivity contribution in [2.75, 3.05) is 13.2 Å². The zero-order chi connectivity index (χ0) is 46.5. The maximum absolute atomic E-state index is 12.8. The van der Waals surface area contributed by atoms with Gasteiger partial charge in [-0.05, 0) is 70.6 Å². The van der Waals surface area contributed by atoms with Gasteiger partial charge in [0.25, 0.3) is 0 Å². The Hall–Kier alpha value is -4.45. The van der Waals surface area contributed by atoms with Crippen molar-refractivity contribution in [2.45, 2.75) is 200 Å². The summed E-state index contributed by atoms with van der Waals surface area (Å²) in [7, 11) is 0. The molecule has 0 saturated carbocycles. The molecule has 0 aliphatic rings. The molecule has 0 rings (SSSR count). The maximum Gasteiger partial charge on any atom is 0.306 e. The second-order valence-corrected chi connectivity index (χ2v) is 16.1. The van der Waals surface area contributed by atoms with E-state index in [1.54, 1.807) is 0 Å². The van der Waals surface area contributed by atoms with Crippen molar-refractivity contribution in [2.24, 2.45) is 0 Å². The zero-order valence-corrected chi connectivity index (χ0v) is 40.7. The quantitative estimate of drug-likeness (QED) is 0.0200. The van der Waals surface area contributed by atoms with Crippen molar-refractivity contribution >= 4 is 17.9 Å². The Kier molecular flexibility index (Phi) is 47.6. The molecular formula is C58H90O6. The topological polar surface area (TPSA) is 78.9 Å². The van der Waals surface area contributed by atoms with Crippen LogP contribution in [0, 0.1) is 0 Å². The lowest BCUT2D eigenvalue weighted by Gasteiger charge is -2.18. The van der Waals surface area contributed by atoms with Gasteiger partial charge in [-0.2, -0.15) is 0 Å². The molecule has 1 atom stereocenters. The first-order valence-corrected chi connectivity index (χ1v) is 25.3. The third kappa shape index (κ3) is 48.6. The number of hydrogen-bond acceptors (Lipinski definition) is 6. The largest absolute Gasteiger partial charge is 0.462 e. The molecule has 358 valence electrons. The van der Waals surface area contributed by atoms with Crippen LogP contribution in [-0.2, 0) is 28.6 Å². The molecule has 0 amide bonds. The van der Waals surface area contributed by atoms with Crippen molar-refractivity contribution in [1.82, 2.24) is 0 Å². The van der Waals surface area contributed by atoms with Crippen molar-refractivity contribution in [3.63, 3.8) is 0 Å². The number of rotatable bonds is 43. The molecule has 0 bridgehead atoms. The number of esters is 3. The zero-order valence-electron chi connectivity index (χ0n) is 40.7. The molecule has 6 heteroatoms. The second-order valence-electron chi connectivity index (χ2n) is 16.1. The highest BCUT2D eigenvalue weighted by Gasteiger charge is 2.19. The summed E-state index contributed by atoms with van der Waals surface area (Å²) in [5, 5.41) is 0. The van der Waals surface area contributed by atoms with Gasteiger partial charge in [-0.25, -0.2) is 0 Å². The summed E-state index contributed by atoms with van der Waals surface area (Å²) in [4.78, 5) is 37.9. The highest BCUT2D eigenvalue weighted by molar-refractivity contribution is 5.71. The number of allylic oxidation sites excluding steroid dienone is 22. The second kappa shape index (κ2) is 51.2. The van der Waals surface area contributed by atoms with Crippen LogP contribution in [0.3, 0.4) is 0 Å². The van der Waals surface area contributed by atoms with Gasteiger partial charge in [0.15, 0.2) is 6.10 Å². The highest BCUT2D eigenvalue weighted by atomic mass is 16.6. The van der Waals surface area contributed by atoms with Crippen molar-refractivity contribution in [3.05, 3.63) is 134 Å². The normalized spacial score (nSPS) is 13.2. The summed E-state index contributed by atoms with van der Waals surface area (Å²) in [5.74, 6) is -1.10. The molecular weight excluding hydrogens is 793 g/mol. The van der Waals surface area contributed by atoms with E-state index in [0.717, 1.165) is 70.6 Å². The molecule has 0 aromatic heterocycles. The summed E-state index contributed by atoms with van der Waals surface area (Å²) >= 11 is 0. The Morgan fingerprint density at radius 1 is 0.344 bits per heavy atom. The lowest BCUT2D eigenvalue weighted by Crippen LogP contribution is -2.30. The standard InChI is InChI=1S/C58H90O6/c1-4-7-10-13-16-19-22-25-27-28-29-30-31-34-36-39-42-45-48-51-57(60)63-54-55(53-62-56(59)50-47-44-41-38-35-32-24-21-18-15-12-9-6-3)64-58(61)52-49-46-43-40-37-33-26-23-20-17-14-11-8-5-2/h7,9-10,12,15-16,18-19,21,24-25,27,29-30,32,34-36,38,41-42,45,55H,4-6,8,11,13-14,17,20,22-23,26,28,31,33,37,39-40,43-44,46-54H2,1-3H3/b10-7-,12-9-,18-15-,19-16-,24-21-,27-25-,30-29-,35-32-,36-34-,41-38-,45-42-. The van der Waals surface area contributed by atoms with E-state index in [4.69, 9.17) is 14.2 Å². The first-order chi connectivity index (χ1) is 31.5. The number of ether oxygens (including phenoxy) is 3. The fourth-order valence-corrected chi connectivity index (χ4v) is 6.32. The van der Waals surface area contributed by atoms with Crippen LogP contribution in [-0.4, -0.2) is 37.2 Å². The van der Waals surface area contributed by atoms with Crippen LogP contribution >= 0.6 is 0 Å². The predicted molar refractivity (Wildman–Crippen MR) is 274 cm³/mol. The fourth-order valence-electron chi connectivity index (χ4n) is 6.32. The van der Waals surface area contributed by atoms with Crippen LogP contribution in [0.2, 0.25) is 0 Å². The van der Waals surface area contributed by atoms with Gasteiger partial charge >= 0.3 is 17.9 Å². The Bertz CT molecular complexity index is 1430. The summed E-state index contributed by atoms with van der Waals surface area (Å²) in [6.45, 7) is 6.23. The lowest BCUT2D eigenvalue weighted by atomic mass is 10.0. The molecule has 0 spiro atoms. The number of unbranched alkanes of at least 4 members (excludes halogenated alkanes) is 14. The minimum absolute atomic E-state index is 0.142. The SMILES string of the molecule is CC\C=C/C=C\C=C/C=C\C=C/CCCC(=O)OCC(COC(=O)CC/C=C\C/C=C\C/C=C\C/C=C\C/C=C\C/C=C\CC)OC(=O)CCCCCCCCCCCCCCCC. The minimum Gasteiger partial charge on any atom is -0.462 e. The predicted octanol–water partition coefficient (Wildman–Crippen LogP) is 16.7. The van der Waals surface area contributed by atoms with E-state index in [2.05, 4.69) is 87.6 Å². The molecule has 0 saturated heterocycles. The van der Waals surface area contributed by atoms with E-state index in [1.807, 2.05) is 66.8 Å². The number of carbonyl (C=O) groups excluding carboxylic acids is 3. The summed E-state index contributed by atoms with van der Waals surface area (Å²) in [5.41, 5.74) is 0. The molecule has 0 fully saturated rings. The molecule has 6 nitrogen and oxygen atoms in total. The first kappa shape index (κ1) is 59.6. The van der Waals surface area contributed by atoms with Crippen LogP contribution in [0.15, 0.2) is 134 Å². The van der Waals surface area contributed by atoms with Gasteiger partial charge in [0.05, 0.1) is 0 Å². The van der Waals surface area contributed by atoms with Crippen LogP contribution in [0.4, 0.5) is 0 Å². The van der Waals surface area contributed by atoms with E-state index in [1.165, 1.54) is 70.6 Å². The highest BCUT2D eigenvalue weighted by Crippen LogP contribution is 2.14. The monoisotopic (exact) mass is 883 g/mol. The Labute approximate surface area is 392 Å². The molecule has 0 aromatic rings. The average molecular weight is 883 g/mol. The van der Waals surface area contributed by atoms with E-state index in [-0.39, 0.29) is 44.0 Å². The molecule has 64 heavy (non-hydrogen) atoms. The van der Waals surface area contributed by atoms with E-state index >= 15 is 0 Å². The molecule has 0 aromatic carbocycles. The number of hydrogen-bond donors (Lipinski definition) is 0. The third-order valence-electron chi connectivity index (χ3n) is 10.0. The van der Waals surface area contributed by atoms with Gasteiger partial charge in [0.2, 0.25) is 0 Å². The first-order valence-electron chi connectivity index (χ1n) is 25.3. The van der Waals surface area contributed by atoms with Gasteiger partial charge in [0, 0.05) is 19.3 Å². The molecule has 0 radical (unpaired) electrons. The van der Waals surface area contributed by atoms with Crippen LogP contribution < -0.4 is 0 Å². The summed E-state index contributed by atoms with van der Waals surface area (Å²) < 4.78 is 16.6. The van der Waals surface area contributed by atoms with Gasteiger partial charge in [0.1, 0.15) is 13.2 Å². The van der Waals surface area contributed by atoms with Crippen LogP contribution in [0.5, 0.6) is 0 Å². The van der Waals surface area contributed by atoms with Crippen LogP contribution in [0.1, 0.15) is 194 Å². The summed E-state index contributed by atoms with van der Waals surface area (Å²) in [6.07, 6.45) is 71.7. The summed E-state index contributed by atoms with van der Waals surface area (Å²) in [6, 6.07) is 0. The average Bonchev–Trinajstić information content (AvgIpc) is 3.29. The van der Waals surface area contributed by atoms with Gasteiger partial charge < -0.3 is 14.2 Å². The Morgan fingerprint density at radius 3 is 1.19 bits per heavy atom. The Balaban J connectivity index is 4.60. The van der Waals surface area contributed by atoms with Crippen LogP contribution in [0.25, 0.3) is 0 Å². The van der Waals surface area contributed by atoms with Crippen molar-refractivity contribution in [3.8, 4) is 0 Å². The van der Waals surface area contributed by atoms with Crippen molar-refractivity contribution < 1.29 is 28.6 Å².